The summed E-state index contributed by atoms with van der Waals surface area (Å²) in [4.78, 5) is 0. The summed E-state index contributed by atoms with van der Waals surface area (Å²) in [6.45, 7) is 8.39. The molecule has 0 aromatic rings. The average molecular weight is 347 g/mol. The maximum absolute atomic E-state index is 5.61. The van der Waals surface area contributed by atoms with Crippen molar-refractivity contribution >= 4 is 0 Å². The molecule has 0 aliphatic carbocycles. The predicted octanol–water partition coefficient (Wildman–Crippen LogP) is 5.40. The van der Waals surface area contributed by atoms with Gasteiger partial charge in [0.1, 0.15) is 0 Å². The number of unbranched alkanes of at least 4 members (excludes halogenated alkanes) is 1. The summed E-state index contributed by atoms with van der Waals surface area (Å²) in [7, 11) is 4.99. The molecule has 146 valence electrons. The number of hydrogen-bond donors (Lipinski definition) is 0. The normalized spacial score (nSPS) is 14.8. The molecule has 2 atom stereocenters. The van der Waals surface area contributed by atoms with E-state index in [2.05, 4.69) is 20.8 Å². The van der Waals surface area contributed by atoms with Crippen LogP contribution in [0, 0.1) is 11.8 Å². The second-order valence-electron chi connectivity index (χ2n) is 6.85. The highest BCUT2D eigenvalue weighted by molar-refractivity contribution is 4.72. The Bertz CT molecular complexity index is 258. The third kappa shape index (κ3) is 9.36. The minimum atomic E-state index is -0.931. The van der Waals surface area contributed by atoms with Gasteiger partial charge in [0, 0.05) is 40.5 Å². The van der Waals surface area contributed by atoms with E-state index in [9.17, 15) is 0 Å². The molecule has 0 saturated carbocycles. The molecule has 4 nitrogen and oxygen atoms in total. The highest BCUT2D eigenvalue weighted by Gasteiger charge is 2.39. The van der Waals surface area contributed by atoms with Crippen molar-refractivity contribution in [1.82, 2.24) is 0 Å². The zero-order valence-electron chi connectivity index (χ0n) is 17.1. The van der Waals surface area contributed by atoms with Crippen LogP contribution in [0.2, 0.25) is 0 Å². The van der Waals surface area contributed by atoms with Gasteiger partial charge in [-0.1, -0.05) is 52.9 Å². The van der Waals surface area contributed by atoms with Crippen LogP contribution in [0.5, 0.6) is 0 Å². The first-order chi connectivity index (χ1) is 11.6. The minimum absolute atomic E-state index is 0.226. The molecule has 0 spiro atoms. The lowest BCUT2D eigenvalue weighted by molar-refractivity contribution is -0.380. The summed E-state index contributed by atoms with van der Waals surface area (Å²) >= 11 is 0. The first kappa shape index (κ1) is 23.8. The molecule has 0 heterocycles. The monoisotopic (exact) mass is 346 g/mol. The molecule has 0 amide bonds. The molecule has 0 bridgehead atoms. The SMILES string of the molecule is CCCOCCCC(CCCCC(C)CCC)C(OC)(OC)OC. The standard InChI is InChI=1S/C20H42O4/c1-7-12-18(3)13-9-10-14-19(15-11-17-24-16-8-2)20(21-4,22-5)23-6/h18-19H,7-17H2,1-6H3. The summed E-state index contributed by atoms with van der Waals surface area (Å²) in [5.74, 6) is 0.122. The van der Waals surface area contributed by atoms with Gasteiger partial charge >= 0.3 is 0 Å². The van der Waals surface area contributed by atoms with E-state index < -0.39 is 5.97 Å². The van der Waals surface area contributed by atoms with Crippen molar-refractivity contribution in [2.24, 2.45) is 11.8 Å². The van der Waals surface area contributed by atoms with Crippen LogP contribution in [0.25, 0.3) is 0 Å². The van der Waals surface area contributed by atoms with E-state index in [4.69, 9.17) is 18.9 Å². The first-order valence-electron chi connectivity index (χ1n) is 9.83. The van der Waals surface area contributed by atoms with Crippen LogP contribution < -0.4 is 0 Å². The van der Waals surface area contributed by atoms with Crippen LogP contribution in [0.1, 0.15) is 78.6 Å². The largest absolute Gasteiger partial charge is 0.381 e. The molecule has 0 aromatic carbocycles. The second kappa shape index (κ2) is 15.1. The zero-order valence-corrected chi connectivity index (χ0v) is 17.1. The summed E-state index contributed by atoms with van der Waals surface area (Å²) in [5.41, 5.74) is 0. The molecule has 0 N–H and O–H groups in total. The van der Waals surface area contributed by atoms with Crippen molar-refractivity contribution < 1.29 is 18.9 Å². The third-order valence-corrected chi connectivity index (χ3v) is 4.82. The van der Waals surface area contributed by atoms with Crippen LogP contribution in [0.4, 0.5) is 0 Å². The van der Waals surface area contributed by atoms with Crippen molar-refractivity contribution in [2.75, 3.05) is 34.5 Å². The summed E-state index contributed by atoms with van der Waals surface area (Å²) < 4.78 is 22.4. The molecule has 24 heavy (non-hydrogen) atoms. The Morgan fingerprint density at radius 3 is 1.83 bits per heavy atom. The Kier molecular flexibility index (Phi) is 15.0. The minimum Gasteiger partial charge on any atom is -0.381 e. The van der Waals surface area contributed by atoms with E-state index in [1.807, 2.05) is 0 Å². The lowest BCUT2D eigenvalue weighted by Crippen LogP contribution is -2.44. The number of hydrogen-bond acceptors (Lipinski definition) is 4. The Hall–Kier alpha value is -0.160. The molecule has 0 rings (SSSR count). The topological polar surface area (TPSA) is 36.9 Å². The summed E-state index contributed by atoms with van der Waals surface area (Å²) in [6, 6.07) is 0. The van der Waals surface area contributed by atoms with E-state index in [1.54, 1.807) is 21.3 Å². The lowest BCUT2D eigenvalue weighted by Gasteiger charge is -2.36. The number of rotatable bonds is 17. The van der Waals surface area contributed by atoms with Gasteiger partial charge in [0.05, 0.1) is 0 Å². The van der Waals surface area contributed by atoms with Crippen molar-refractivity contribution in [2.45, 2.75) is 84.5 Å². The molecular formula is C20H42O4. The summed E-state index contributed by atoms with van der Waals surface area (Å²) in [5, 5.41) is 0. The van der Waals surface area contributed by atoms with Gasteiger partial charge in [0.15, 0.2) is 0 Å². The van der Waals surface area contributed by atoms with Gasteiger partial charge in [-0.3, -0.25) is 0 Å². The van der Waals surface area contributed by atoms with Gasteiger partial charge in [-0.05, 0) is 31.6 Å². The molecule has 0 radical (unpaired) electrons. The van der Waals surface area contributed by atoms with Gasteiger partial charge in [-0.25, -0.2) is 0 Å². The average Bonchev–Trinajstić information content (AvgIpc) is 2.59. The van der Waals surface area contributed by atoms with Gasteiger partial charge in [0.2, 0.25) is 0 Å². The van der Waals surface area contributed by atoms with E-state index in [0.29, 0.717) is 0 Å². The lowest BCUT2D eigenvalue weighted by atomic mass is 9.91. The quantitative estimate of drug-likeness (QED) is 0.261. The molecule has 4 heteroatoms. The molecule has 2 unspecified atom stereocenters. The second-order valence-corrected chi connectivity index (χ2v) is 6.85. The van der Waals surface area contributed by atoms with Crippen LogP contribution in [-0.2, 0) is 18.9 Å². The van der Waals surface area contributed by atoms with Gasteiger partial charge in [-0.15, -0.1) is 0 Å². The van der Waals surface area contributed by atoms with E-state index >= 15 is 0 Å². The van der Waals surface area contributed by atoms with Crippen LogP contribution in [0.3, 0.4) is 0 Å². The fourth-order valence-electron chi connectivity index (χ4n) is 3.45. The zero-order chi connectivity index (χ0) is 18.3. The van der Waals surface area contributed by atoms with Crippen LogP contribution in [-0.4, -0.2) is 40.5 Å². The smallest absolute Gasteiger partial charge is 0.285 e. The van der Waals surface area contributed by atoms with Crippen LogP contribution >= 0.6 is 0 Å². The predicted molar refractivity (Wildman–Crippen MR) is 100 cm³/mol. The van der Waals surface area contributed by atoms with Crippen molar-refractivity contribution in [1.29, 1.82) is 0 Å². The van der Waals surface area contributed by atoms with Crippen molar-refractivity contribution in [3.63, 3.8) is 0 Å². The third-order valence-electron chi connectivity index (χ3n) is 4.82. The highest BCUT2D eigenvalue weighted by atomic mass is 16.9. The summed E-state index contributed by atoms with van der Waals surface area (Å²) in [6.07, 6.45) is 10.5. The Morgan fingerprint density at radius 1 is 0.708 bits per heavy atom. The van der Waals surface area contributed by atoms with Gasteiger partial charge in [-0.2, -0.15) is 0 Å². The number of methoxy groups -OCH3 is 3. The van der Waals surface area contributed by atoms with E-state index in [-0.39, 0.29) is 5.92 Å². The molecule has 0 fully saturated rings. The van der Waals surface area contributed by atoms with E-state index in [1.165, 1.54) is 32.1 Å². The Morgan fingerprint density at radius 2 is 1.29 bits per heavy atom. The first-order valence-corrected chi connectivity index (χ1v) is 9.83. The van der Waals surface area contributed by atoms with Gasteiger partial charge in [0.25, 0.3) is 5.97 Å². The fourth-order valence-corrected chi connectivity index (χ4v) is 3.45. The molecule has 0 aliphatic rings. The van der Waals surface area contributed by atoms with Gasteiger partial charge < -0.3 is 18.9 Å². The molecule has 0 saturated heterocycles. The van der Waals surface area contributed by atoms with Crippen molar-refractivity contribution in [3.8, 4) is 0 Å². The molecular weight excluding hydrogens is 304 g/mol. The van der Waals surface area contributed by atoms with Crippen LogP contribution in [0.15, 0.2) is 0 Å². The van der Waals surface area contributed by atoms with E-state index in [0.717, 1.165) is 44.8 Å². The maximum atomic E-state index is 5.61. The number of ether oxygens (including phenoxy) is 4. The molecule has 0 aromatic heterocycles. The Balaban J connectivity index is 4.40. The maximum Gasteiger partial charge on any atom is 0.285 e. The highest BCUT2D eigenvalue weighted by Crippen LogP contribution is 2.32. The van der Waals surface area contributed by atoms with Crippen molar-refractivity contribution in [3.05, 3.63) is 0 Å². The Labute approximate surface area is 150 Å². The fraction of sp³-hybridized carbons (Fsp3) is 1.00. The molecule has 0 aliphatic heterocycles.